The third-order valence-electron chi connectivity index (χ3n) is 4.43. The standard InChI is InChI=1S/C21H43BrO2/c1-3-5-7-11-15-19-23-21(17-13-9-10-14-18-22)24-20-16-12-8-6-4-2/h21H,3-20H2,1-2H3. The molecule has 2 nitrogen and oxygen atoms in total. The molecule has 24 heavy (non-hydrogen) atoms. The summed E-state index contributed by atoms with van der Waals surface area (Å²) in [7, 11) is 0. The second kappa shape index (κ2) is 21.4. The van der Waals surface area contributed by atoms with Crippen molar-refractivity contribution in [1.29, 1.82) is 0 Å². The fraction of sp³-hybridized carbons (Fsp3) is 1.00. The lowest BCUT2D eigenvalue weighted by Gasteiger charge is -2.19. The van der Waals surface area contributed by atoms with Gasteiger partial charge < -0.3 is 9.47 Å². The van der Waals surface area contributed by atoms with Crippen molar-refractivity contribution in [3.63, 3.8) is 0 Å². The van der Waals surface area contributed by atoms with Crippen molar-refractivity contribution < 1.29 is 9.47 Å². The number of hydrogen-bond acceptors (Lipinski definition) is 2. The van der Waals surface area contributed by atoms with E-state index in [1.165, 1.54) is 89.9 Å². The maximum absolute atomic E-state index is 6.03. The van der Waals surface area contributed by atoms with Crippen LogP contribution in [0.4, 0.5) is 0 Å². The summed E-state index contributed by atoms with van der Waals surface area (Å²) >= 11 is 3.50. The van der Waals surface area contributed by atoms with E-state index < -0.39 is 0 Å². The molecule has 3 heteroatoms. The van der Waals surface area contributed by atoms with E-state index in [1.807, 2.05) is 0 Å². The monoisotopic (exact) mass is 406 g/mol. The summed E-state index contributed by atoms with van der Waals surface area (Å²) in [6.45, 7) is 6.25. The van der Waals surface area contributed by atoms with Crippen molar-refractivity contribution in [3.05, 3.63) is 0 Å². The molecule has 0 radical (unpaired) electrons. The molecule has 0 fully saturated rings. The maximum Gasteiger partial charge on any atom is 0.157 e. The number of ether oxygens (including phenoxy) is 2. The normalized spacial score (nSPS) is 11.5. The van der Waals surface area contributed by atoms with Crippen molar-refractivity contribution in [2.75, 3.05) is 18.5 Å². The number of unbranched alkanes of at least 4 members (excludes halogenated alkanes) is 11. The van der Waals surface area contributed by atoms with Gasteiger partial charge in [-0.25, -0.2) is 0 Å². The molecule has 0 amide bonds. The minimum Gasteiger partial charge on any atom is -0.353 e. The predicted molar refractivity (Wildman–Crippen MR) is 110 cm³/mol. The van der Waals surface area contributed by atoms with Gasteiger partial charge in [-0.2, -0.15) is 0 Å². The van der Waals surface area contributed by atoms with Crippen LogP contribution in [-0.4, -0.2) is 24.8 Å². The van der Waals surface area contributed by atoms with Gasteiger partial charge in [0.25, 0.3) is 0 Å². The molecule has 0 saturated heterocycles. The maximum atomic E-state index is 6.03. The Labute approximate surface area is 160 Å². The fourth-order valence-electron chi connectivity index (χ4n) is 2.81. The van der Waals surface area contributed by atoms with Crippen molar-refractivity contribution in [2.24, 2.45) is 0 Å². The third kappa shape index (κ3) is 18.7. The lowest BCUT2D eigenvalue weighted by molar-refractivity contribution is -0.148. The molecule has 0 aliphatic rings. The molecule has 0 N–H and O–H groups in total. The van der Waals surface area contributed by atoms with Crippen LogP contribution in [0.2, 0.25) is 0 Å². The van der Waals surface area contributed by atoms with E-state index in [0.29, 0.717) is 0 Å². The third-order valence-corrected chi connectivity index (χ3v) is 4.99. The van der Waals surface area contributed by atoms with E-state index in [1.54, 1.807) is 0 Å². The average molecular weight is 407 g/mol. The molecule has 146 valence electrons. The van der Waals surface area contributed by atoms with E-state index in [2.05, 4.69) is 29.8 Å². The van der Waals surface area contributed by atoms with Crippen molar-refractivity contribution >= 4 is 15.9 Å². The summed E-state index contributed by atoms with van der Waals surface area (Å²) in [5, 5.41) is 1.12. The number of hydrogen-bond donors (Lipinski definition) is 0. The molecule has 0 aromatic heterocycles. The molecule has 0 aliphatic heterocycles. The molecular formula is C21H43BrO2. The van der Waals surface area contributed by atoms with E-state index >= 15 is 0 Å². The van der Waals surface area contributed by atoms with Crippen LogP contribution in [0.1, 0.15) is 110 Å². The summed E-state index contributed by atoms with van der Waals surface area (Å²) in [4.78, 5) is 0. The summed E-state index contributed by atoms with van der Waals surface area (Å²) in [5.41, 5.74) is 0. The Bertz CT molecular complexity index is 208. The van der Waals surface area contributed by atoms with Crippen LogP contribution >= 0.6 is 15.9 Å². The molecule has 0 atom stereocenters. The predicted octanol–water partition coefficient (Wildman–Crippen LogP) is 7.63. The molecule has 0 aliphatic carbocycles. The Morgan fingerprint density at radius 3 is 1.54 bits per heavy atom. The van der Waals surface area contributed by atoms with Crippen molar-refractivity contribution in [2.45, 2.75) is 116 Å². The molecular weight excluding hydrogens is 364 g/mol. The lowest BCUT2D eigenvalue weighted by atomic mass is 10.1. The van der Waals surface area contributed by atoms with Crippen LogP contribution in [0.3, 0.4) is 0 Å². The first-order chi connectivity index (χ1) is 11.8. The molecule has 0 unspecified atom stereocenters. The van der Waals surface area contributed by atoms with E-state index in [4.69, 9.17) is 9.47 Å². The summed E-state index contributed by atoms with van der Waals surface area (Å²) in [6, 6.07) is 0. The number of alkyl halides is 1. The Kier molecular flexibility index (Phi) is 21.8. The zero-order valence-corrected chi connectivity index (χ0v) is 18.1. The molecule has 0 aromatic rings. The first-order valence-electron chi connectivity index (χ1n) is 10.6. The molecule has 0 saturated carbocycles. The molecule has 0 heterocycles. The van der Waals surface area contributed by atoms with Crippen LogP contribution in [0.15, 0.2) is 0 Å². The highest BCUT2D eigenvalue weighted by Gasteiger charge is 2.09. The van der Waals surface area contributed by atoms with Crippen LogP contribution < -0.4 is 0 Å². The topological polar surface area (TPSA) is 18.5 Å². The Morgan fingerprint density at radius 1 is 0.583 bits per heavy atom. The Hall–Kier alpha value is 0.400. The lowest BCUT2D eigenvalue weighted by Crippen LogP contribution is -2.19. The van der Waals surface area contributed by atoms with E-state index in [9.17, 15) is 0 Å². The smallest absolute Gasteiger partial charge is 0.157 e. The average Bonchev–Trinajstić information content (AvgIpc) is 2.60. The van der Waals surface area contributed by atoms with Gasteiger partial charge in [0.2, 0.25) is 0 Å². The highest BCUT2D eigenvalue weighted by molar-refractivity contribution is 9.09. The largest absolute Gasteiger partial charge is 0.353 e. The Morgan fingerprint density at radius 2 is 1.04 bits per heavy atom. The van der Waals surface area contributed by atoms with Crippen LogP contribution in [0, 0.1) is 0 Å². The van der Waals surface area contributed by atoms with Crippen LogP contribution in [0.25, 0.3) is 0 Å². The number of rotatable bonds is 20. The van der Waals surface area contributed by atoms with Gasteiger partial charge in [0.15, 0.2) is 6.29 Å². The fourth-order valence-corrected chi connectivity index (χ4v) is 3.21. The van der Waals surface area contributed by atoms with Crippen LogP contribution in [-0.2, 0) is 9.47 Å². The molecule has 0 spiro atoms. The Balaban J connectivity index is 3.74. The van der Waals surface area contributed by atoms with Gasteiger partial charge in [-0.05, 0) is 32.1 Å². The van der Waals surface area contributed by atoms with Gasteiger partial charge in [-0.1, -0.05) is 94.0 Å². The zero-order valence-electron chi connectivity index (χ0n) is 16.5. The van der Waals surface area contributed by atoms with Gasteiger partial charge in [0, 0.05) is 18.5 Å². The van der Waals surface area contributed by atoms with Gasteiger partial charge >= 0.3 is 0 Å². The van der Waals surface area contributed by atoms with E-state index in [0.717, 1.165) is 25.0 Å². The van der Waals surface area contributed by atoms with Gasteiger partial charge in [-0.3, -0.25) is 0 Å². The van der Waals surface area contributed by atoms with Gasteiger partial charge in [-0.15, -0.1) is 0 Å². The second-order valence-electron chi connectivity index (χ2n) is 6.89. The number of halogens is 1. The van der Waals surface area contributed by atoms with Crippen molar-refractivity contribution in [1.82, 2.24) is 0 Å². The van der Waals surface area contributed by atoms with E-state index in [-0.39, 0.29) is 6.29 Å². The summed E-state index contributed by atoms with van der Waals surface area (Å²) in [5.74, 6) is 0. The van der Waals surface area contributed by atoms with Crippen molar-refractivity contribution in [3.8, 4) is 0 Å². The first-order valence-corrected chi connectivity index (χ1v) is 11.8. The molecule has 0 bridgehead atoms. The van der Waals surface area contributed by atoms with Crippen LogP contribution in [0.5, 0.6) is 0 Å². The SMILES string of the molecule is CCCCCCCOC(CCCCCCBr)OCCCCCCC. The van der Waals surface area contributed by atoms with Gasteiger partial charge in [0.1, 0.15) is 0 Å². The quantitative estimate of drug-likeness (QED) is 0.117. The highest BCUT2D eigenvalue weighted by Crippen LogP contribution is 2.13. The minimum absolute atomic E-state index is 0.0336. The highest BCUT2D eigenvalue weighted by atomic mass is 79.9. The summed E-state index contributed by atoms with van der Waals surface area (Å²) < 4.78 is 12.1. The zero-order chi connectivity index (χ0) is 17.7. The summed E-state index contributed by atoms with van der Waals surface area (Å²) in [6.07, 6.45) is 19.2. The van der Waals surface area contributed by atoms with Gasteiger partial charge in [0.05, 0.1) is 0 Å². The second-order valence-corrected chi connectivity index (χ2v) is 7.68. The first kappa shape index (κ1) is 24.4. The molecule has 0 aromatic carbocycles. The minimum atomic E-state index is 0.0336. The molecule has 0 rings (SSSR count).